The minimum Gasteiger partial charge on any atom is -0.497 e. The van der Waals surface area contributed by atoms with Crippen LogP contribution >= 0.6 is 0 Å². The lowest BCUT2D eigenvalue weighted by molar-refractivity contribution is -0.118. The third-order valence-corrected chi connectivity index (χ3v) is 4.36. The summed E-state index contributed by atoms with van der Waals surface area (Å²) in [6, 6.07) is 12.2. The standard InChI is InChI=1S/C21H21NO5/c1-4-17-13(2)18-10-9-16(11-19(18)27-21(17)24)26-12-20(23)22-14-5-7-15(25-3)8-6-14/h5-11H,4,12H2,1-3H3,(H,22,23). The van der Waals surface area contributed by atoms with Gasteiger partial charge < -0.3 is 19.2 Å². The lowest BCUT2D eigenvalue weighted by atomic mass is 10.0. The van der Waals surface area contributed by atoms with E-state index in [-0.39, 0.29) is 18.1 Å². The van der Waals surface area contributed by atoms with Crippen LogP contribution in [0.2, 0.25) is 0 Å². The van der Waals surface area contributed by atoms with E-state index < -0.39 is 0 Å². The van der Waals surface area contributed by atoms with Gasteiger partial charge in [-0.1, -0.05) is 6.92 Å². The predicted molar refractivity (Wildman–Crippen MR) is 104 cm³/mol. The Labute approximate surface area is 156 Å². The molecule has 0 radical (unpaired) electrons. The number of rotatable bonds is 6. The average molecular weight is 367 g/mol. The molecule has 6 heteroatoms. The van der Waals surface area contributed by atoms with Crippen molar-refractivity contribution in [3.8, 4) is 11.5 Å². The van der Waals surface area contributed by atoms with Crippen molar-refractivity contribution in [3.63, 3.8) is 0 Å². The molecule has 0 aliphatic carbocycles. The highest BCUT2D eigenvalue weighted by Gasteiger charge is 2.11. The Bertz CT molecular complexity index is 1020. The first-order valence-electron chi connectivity index (χ1n) is 8.65. The lowest BCUT2D eigenvalue weighted by Crippen LogP contribution is -2.20. The minimum atomic E-state index is -0.336. The first-order chi connectivity index (χ1) is 13.0. The normalized spacial score (nSPS) is 10.6. The molecule has 3 aromatic rings. The highest BCUT2D eigenvalue weighted by Crippen LogP contribution is 2.24. The molecule has 0 unspecified atom stereocenters. The Morgan fingerprint density at radius 3 is 2.48 bits per heavy atom. The Balaban J connectivity index is 1.69. The van der Waals surface area contributed by atoms with E-state index in [0.717, 1.165) is 10.9 Å². The molecule has 1 N–H and O–H groups in total. The van der Waals surface area contributed by atoms with Crippen molar-refractivity contribution >= 4 is 22.6 Å². The molecule has 0 aliphatic rings. The number of amides is 1. The topological polar surface area (TPSA) is 77.8 Å². The predicted octanol–water partition coefficient (Wildman–Crippen LogP) is 3.69. The van der Waals surface area contributed by atoms with Crippen LogP contribution in [-0.4, -0.2) is 19.6 Å². The van der Waals surface area contributed by atoms with Crippen molar-refractivity contribution in [2.24, 2.45) is 0 Å². The fourth-order valence-corrected chi connectivity index (χ4v) is 2.89. The summed E-state index contributed by atoms with van der Waals surface area (Å²) < 4.78 is 16.0. The van der Waals surface area contributed by atoms with Crippen LogP contribution in [0.3, 0.4) is 0 Å². The summed E-state index contributed by atoms with van der Waals surface area (Å²) in [4.78, 5) is 24.1. The SMILES string of the molecule is CCc1c(C)c2ccc(OCC(=O)Nc3ccc(OC)cc3)cc2oc1=O. The first kappa shape index (κ1) is 18.5. The summed E-state index contributed by atoms with van der Waals surface area (Å²) in [5.74, 6) is 0.877. The van der Waals surface area contributed by atoms with Gasteiger partial charge in [0.2, 0.25) is 0 Å². The van der Waals surface area contributed by atoms with Crippen LogP contribution in [0.5, 0.6) is 11.5 Å². The molecular formula is C21H21NO5. The number of methoxy groups -OCH3 is 1. The molecule has 1 aromatic heterocycles. The van der Waals surface area contributed by atoms with Gasteiger partial charge in [0, 0.05) is 22.7 Å². The molecule has 0 atom stereocenters. The zero-order valence-electron chi connectivity index (χ0n) is 15.5. The number of fused-ring (bicyclic) bond motifs is 1. The van der Waals surface area contributed by atoms with Gasteiger partial charge in [-0.25, -0.2) is 4.79 Å². The van der Waals surface area contributed by atoms with Gasteiger partial charge in [-0.3, -0.25) is 4.79 Å². The van der Waals surface area contributed by atoms with Gasteiger partial charge in [0.25, 0.3) is 5.91 Å². The quantitative estimate of drug-likeness (QED) is 0.672. The van der Waals surface area contributed by atoms with Crippen LogP contribution in [0, 0.1) is 6.92 Å². The van der Waals surface area contributed by atoms with Crippen molar-refractivity contribution in [3.05, 3.63) is 64.0 Å². The molecule has 1 amide bonds. The fraction of sp³-hybridized carbons (Fsp3) is 0.238. The van der Waals surface area contributed by atoms with E-state index in [1.54, 1.807) is 43.5 Å². The van der Waals surface area contributed by atoms with Gasteiger partial charge in [-0.2, -0.15) is 0 Å². The molecule has 0 bridgehead atoms. The zero-order valence-corrected chi connectivity index (χ0v) is 15.5. The molecule has 27 heavy (non-hydrogen) atoms. The second-order valence-electron chi connectivity index (χ2n) is 6.07. The number of benzene rings is 2. The van der Waals surface area contributed by atoms with Gasteiger partial charge >= 0.3 is 5.63 Å². The van der Waals surface area contributed by atoms with Gasteiger partial charge in [-0.05, 0) is 55.3 Å². The number of hydrogen-bond donors (Lipinski definition) is 1. The molecule has 3 rings (SSSR count). The van der Waals surface area contributed by atoms with E-state index >= 15 is 0 Å². The minimum absolute atomic E-state index is 0.159. The van der Waals surface area contributed by atoms with Crippen LogP contribution in [0.4, 0.5) is 5.69 Å². The molecule has 0 spiro atoms. The maximum absolute atomic E-state index is 12.1. The number of anilines is 1. The zero-order chi connectivity index (χ0) is 19.4. The molecule has 0 saturated heterocycles. The van der Waals surface area contributed by atoms with Crippen LogP contribution in [-0.2, 0) is 11.2 Å². The van der Waals surface area contributed by atoms with Gasteiger partial charge in [0.1, 0.15) is 17.1 Å². The summed E-state index contributed by atoms with van der Waals surface area (Å²) in [6.07, 6.45) is 0.619. The summed E-state index contributed by atoms with van der Waals surface area (Å²) in [5, 5.41) is 3.60. The van der Waals surface area contributed by atoms with E-state index in [1.807, 2.05) is 19.9 Å². The van der Waals surface area contributed by atoms with Gasteiger partial charge in [0.05, 0.1) is 7.11 Å². The maximum atomic E-state index is 12.1. The third-order valence-electron chi connectivity index (χ3n) is 4.36. The van der Waals surface area contributed by atoms with E-state index in [0.29, 0.717) is 34.8 Å². The Hall–Kier alpha value is -3.28. The molecule has 0 aliphatic heterocycles. The summed E-state index contributed by atoms with van der Waals surface area (Å²) in [7, 11) is 1.58. The smallest absolute Gasteiger partial charge is 0.339 e. The largest absolute Gasteiger partial charge is 0.497 e. The maximum Gasteiger partial charge on any atom is 0.339 e. The molecule has 6 nitrogen and oxygen atoms in total. The van der Waals surface area contributed by atoms with E-state index in [4.69, 9.17) is 13.9 Å². The fourth-order valence-electron chi connectivity index (χ4n) is 2.89. The summed E-state index contributed by atoms with van der Waals surface area (Å²) in [5.41, 5.74) is 2.35. The Morgan fingerprint density at radius 1 is 1.11 bits per heavy atom. The number of carbonyl (C=O) groups is 1. The van der Waals surface area contributed by atoms with Crippen molar-refractivity contribution in [2.75, 3.05) is 19.0 Å². The molecule has 0 saturated carbocycles. The lowest BCUT2D eigenvalue weighted by Gasteiger charge is -2.10. The summed E-state index contributed by atoms with van der Waals surface area (Å²) >= 11 is 0. The Kier molecular flexibility index (Phi) is 5.45. The van der Waals surface area contributed by atoms with Crippen LogP contribution in [0.15, 0.2) is 51.7 Å². The monoisotopic (exact) mass is 367 g/mol. The second kappa shape index (κ2) is 7.95. The number of nitrogens with one attached hydrogen (secondary N) is 1. The van der Waals surface area contributed by atoms with Crippen molar-refractivity contribution < 1.29 is 18.7 Å². The van der Waals surface area contributed by atoms with Crippen LogP contribution < -0.4 is 20.4 Å². The van der Waals surface area contributed by atoms with Gasteiger partial charge in [0.15, 0.2) is 6.61 Å². The van der Waals surface area contributed by atoms with Crippen molar-refractivity contribution in [2.45, 2.75) is 20.3 Å². The molecule has 2 aromatic carbocycles. The first-order valence-corrected chi connectivity index (χ1v) is 8.65. The number of carbonyl (C=O) groups excluding carboxylic acids is 1. The molecule has 0 fully saturated rings. The summed E-state index contributed by atoms with van der Waals surface area (Å²) in [6.45, 7) is 3.67. The van der Waals surface area contributed by atoms with E-state index in [1.165, 1.54) is 0 Å². The third kappa shape index (κ3) is 4.11. The highest BCUT2D eigenvalue weighted by molar-refractivity contribution is 5.92. The van der Waals surface area contributed by atoms with Crippen LogP contribution in [0.25, 0.3) is 11.0 Å². The number of ether oxygens (including phenoxy) is 2. The average Bonchev–Trinajstić information content (AvgIpc) is 2.67. The Morgan fingerprint density at radius 2 is 1.81 bits per heavy atom. The van der Waals surface area contributed by atoms with Crippen molar-refractivity contribution in [1.82, 2.24) is 0 Å². The van der Waals surface area contributed by atoms with Crippen molar-refractivity contribution in [1.29, 1.82) is 0 Å². The van der Waals surface area contributed by atoms with Crippen LogP contribution in [0.1, 0.15) is 18.1 Å². The number of hydrogen-bond acceptors (Lipinski definition) is 5. The van der Waals surface area contributed by atoms with Gasteiger partial charge in [-0.15, -0.1) is 0 Å². The number of aryl methyl sites for hydroxylation is 1. The second-order valence-corrected chi connectivity index (χ2v) is 6.07. The molecular weight excluding hydrogens is 346 g/mol. The molecule has 140 valence electrons. The highest BCUT2D eigenvalue weighted by atomic mass is 16.5. The van der Waals surface area contributed by atoms with E-state index in [2.05, 4.69) is 5.32 Å². The van der Waals surface area contributed by atoms with E-state index in [9.17, 15) is 9.59 Å². The molecule has 1 heterocycles.